The van der Waals surface area contributed by atoms with E-state index in [1.165, 1.54) is 22.0 Å². The van der Waals surface area contributed by atoms with Crippen molar-refractivity contribution in [3.8, 4) is 5.75 Å². The van der Waals surface area contributed by atoms with Crippen LogP contribution in [0.4, 0.5) is 0 Å². The second-order valence-electron chi connectivity index (χ2n) is 9.23. The summed E-state index contributed by atoms with van der Waals surface area (Å²) in [7, 11) is 2.27. The maximum Gasteiger partial charge on any atom is 0.188 e. The summed E-state index contributed by atoms with van der Waals surface area (Å²) < 4.78 is 11.3. The normalized spacial score (nSPS) is 14.5. The first-order valence-corrected chi connectivity index (χ1v) is 11.8. The van der Waals surface area contributed by atoms with Crippen LogP contribution in [0.15, 0.2) is 41.4 Å². The molecule has 2 aromatic carbocycles. The molecule has 0 spiro atoms. The molecule has 0 aliphatic rings. The molecule has 4 heteroatoms. The highest BCUT2D eigenvalue weighted by molar-refractivity contribution is 7.48. The lowest BCUT2D eigenvalue weighted by molar-refractivity contribution is 0.0495. The monoisotopic (exact) mass is 427 g/mol. The van der Waals surface area contributed by atoms with Crippen LogP contribution in [0.25, 0.3) is 0 Å². The predicted molar refractivity (Wildman–Crippen MR) is 132 cm³/mol. The van der Waals surface area contributed by atoms with Crippen LogP contribution in [-0.4, -0.2) is 25.7 Å². The topological polar surface area (TPSA) is 30.8 Å². The van der Waals surface area contributed by atoms with Crippen LogP contribution in [0, 0.1) is 13.8 Å². The van der Waals surface area contributed by atoms with Gasteiger partial charge in [0.15, 0.2) is 6.79 Å². The molecule has 0 N–H and O–H groups in total. The average molecular weight is 428 g/mol. The molecule has 2 aromatic rings. The Morgan fingerprint density at radius 3 is 2.40 bits per heavy atom. The van der Waals surface area contributed by atoms with Gasteiger partial charge in [-0.05, 0) is 57.5 Å². The smallest absolute Gasteiger partial charge is 0.188 e. The van der Waals surface area contributed by atoms with Crippen LogP contribution < -0.4 is 10.0 Å². The van der Waals surface area contributed by atoms with E-state index < -0.39 is 0 Å². The molecule has 3 nitrogen and oxygen atoms in total. The van der Waals surface area contributed by atoms with Crippen LogP contribution >= 0.6 is 8.58 Å². The first-order valence-electron chi connectivity index (χ1n) is 10.8. The molecule has 0 radical (unpaired) electrons. The molecule has 0 aliphatic heterocycles. The minimum atomic E-state index is -0.0856. The Morgan fingerprint density at radius 1 is 1.07 bits per heavy atom. The molecule has 0 aromatic heterocycles. The number of benzene rings is 2. The van der Waals surface area contributed by atoms with Crippen molar-refractivity contribution in [3.05, 3.63) is 58.7 Å². The molecule has 2 rings (SSSR count). The average Bonchev–Trinajstić information content (AvgIpc) is 2.65. The third kappa shape index (κ3) is 6.65. The molecule has 0 bridgehead atoms. The zero-order chi connectivity index (χ0) is 22.4. The summed E-state index contributed by atoms with van der Waals surface area (Å²) in [6, 6.07) is 13.1. The summed E-state index contributed by atoms with van der Waals surface area (Å²) in [5, 5.41) is 1.32. The molecule has 2 atom stereocenters. The van der Waals surface area contributed by atoms with Crippen LogP contribution in [0.2, 0.25) is 0 Å². The van der Waals surface area contributed by atoms with Gasteiger partial charge in [-0.3, -0.25) is 4.99 Å². The van der Waals surface area contributed by atoms with Crippen molar-refractivity contribution in [2.75, 3.05) is 13.9 Å². The summed E-state index contributed by atoms with van der Waals surface area (Å²) in [6.45, 7) is 15.6. The number of hydrogen-bond donors (Lipinski definition) is 0. The van der Waals surface area contributed by atoms with Gasteiger partial charge < -0.3 is 9.47 Å². The quantitative estimate of drug-likeness (QED) is 0.259. The van der Waals surface area contributed by atoms with Crippen LogP contribution in [-0.2, 0) is 9.89 Å². The second kappa shape index (κ2) is 10.6. The maximum absolute atomic E-state index is 6.08. The van der Waals surface area contributed by atoms with Crippen LogP contribution in [0.5, 0.6) is 5.75 Å². The second-order valence-corrected chi connectivity index (χ2v) is 11.1. The van der Waals surface area contributed by atoms with E-state index in [0.29, 0.717) is 8.58 Å². The van der Waals surface area contributed by atoms with E-state index in [-0.39, 0.29) is 17.5 Å². The molecule has 164 valence electrons. The van der Waals surface area contributed by atoms with E-state index >= 15 is 0 Å². The van der Waals surface area contributed by atoms with Crippen molar-refractivity contribution in [3.63, 3.8) is 0 Å². The van der Waals surface area contributed by atoms with Gasteiger partial charge in [-0.15, -0.1) is 0 Å². The molecule has 0 aliphatic carbocycles. The van der Waals surface area contributed by atoms with Gasteiger partial charge >= 0.3 is 0 Å². The number of nitrogens with zero attached hydrogens (tertiary/aromatic N) is 1. The van der Waals surface area contributed by atoms with E-state index in [1.54, 1.807) is 7.11 Å². The molecule has 0 saturated heterocycles. The zero-order valence-corrected chi connectivity index (χ0v) is 20.9. The van der Waals surface area contributed by atoms with E-state index in [0.717, 1.165) is 24.2 Å². The van der Waals surface area contributed by atoms with E-state index in [9.17, 15) is 0 Å². The van der Waals surface area contributed by atoms with Gasteiger partial charge in [-0.1, -0.05) is 70.8 Å². The summed E-state index contributed by atoms with van der Waals surface area (Å²) in [5.74, 6) is 0.965. The Labute approximate surface area is 185 Å². The van der Waals surface area contributed by atoms with E-state index in [2.05, 4.69) is 84.9 Å². The SMILES string of the molecule is CCCC(C)(Pc1ccccc1/C=N/C(C)(C)C)c1cc(C)cc(C)c1OCOC. The number of aliphatic imine (C=N–C) groups is 1. The number of aryl methyl sites for hydroxylation is 2. The molecule has 0 amide bonds. The lowest BCUT2D eigenvalue weighted by atomic mass is 9.91. The van der Waals surface area contributed by atoms with Crippen molar-refractivity contribution in [2.45, 2.75) is 72.0 Å². The van der Waals surface area contributed by atoms with Crippen LogP contribution in [0.1, 0.15) is 69.7 Å². The van der Waals surface area contributed by atoms with Gasteiger partial charge in [0, 0.05) is 24.0 Å². The zero-order valence-electron chi connectivity index (χ0n) is 19.9. The fraction of sp³-hybridized carbons (Fsp3) is 0.500. The minimum Gasteiger partial charge on any atom is -0.467 e. The molecule has 0 heterocycles. The Balaban J connectivity index is 2.54. The van der Waals surface area contributed by atoms with Crippen LogP contribution in [0.3, 0.4) is 0 Å². The standard InChI is InChI=1S/C26H38NO2P/c1-9-14-26(7,22-16-19(2)15-20(3)24(22)29-18-28-8)30-23-13-11-10-12-21(23)17-27-25(4,5)6/h10-13,15-17,30H,9,14,18H2,1-8H3/b27-17+. The lowest BCUT2D eigenvalue weighted by Gasteiger charge is -2.33. The van der Waals surface area contributed by atoms with Gasteiger partial charge in [0.05, 0.1) is 5.54 Å². The van der Waals surface area contributed by atoms with Crippen molar-refractivity contribution >= 4 is 20.1 Å². The highest BCUT2D eigenvalue weighted by Crippen LogP contribution is 2.49. The van der Waals surface area contributed by atoms with Gasteiger partial charge in [0.2, 0.25) is 0 Å². The fourth-order valence-corrected chi connectivity index (χ4v) is 5.48. The van der Waals surface area contributed by atoms with Crippen molar-refractivity contribution in [1.29, 1.82) is 0 Å². The van der Waals surface area contributed by atoms with Gasteiger partial charge in [-0.2, -0.15) is 0 Å². The van der Waals surface area contributed by atoms with E-state index in [1.807, 2.05) is 6.21 Å². The molecule has 30 heavy (non-hydrogen) atoms. The molecular formula is C26H38NO2P. The Hall–Kier alpha value is -1.70. The summed E-state index contributed by atoms with van der Waals surface area (Å²) in [6.07, 6.45) is 4.24. The third-order valence-corrected chi connectivity index (χ3v) is 6.84. The molecule has 0 fully saturated rings. The van der Waals surface area contributed by atoms with Gasteiger partial charge in [-0.25, -0.2) is 0 Å². The van der Waals surface area contributed by atoms with E-state index in [4.69, 9.17) is 14.5 Å². The Morgan fingerprint density at radius 2 is 1.77 bits per heavy atom. The first-order chi connectivity index (χ1) is 14.1. The maximum atomic E-state index is 6.08. The lowest BCUT2D eigenvalue weighted by Crippen LogP contribution is -2.23. The molecule has 2 unspecified atom stereocenters. The number of ether oxygens (including phenoxy) is 2. The summed E-state index contributed by atoms with van der Waals surface area (Å²) >= 11 is 0. The van der Waals surface area contributed by atoms with Gasteiger partial charge in [0.1, 0.15) is 5.75 Å². The first kappa shape index (κ1) is 24.6. The minimum absolute atomic E-state index is 0.0275. The largest absolute Gasteiger partial charge is 0.467 e. The number of methoxy groups -OCH3 is 1. The predicted octanol–water partition coefficient (Wildman–Crippen LogP) is 6.52. The Kier molecular flexibility index (Phi) is 8.64. The summed E-state index contributed by atoms with van der Waals surface area (Å²) in [4.78, 5) is 4.76. The number of hydrogen-bond acceptors (Lipinski definition) is 3. The fourth-order valence-electron chi connectivity index (χ4n) is 3.72. The third-order valence-electron chi connectivity index (χ3n) is 5.05. The highest BCUT2D eigenvalue weighted by atomic mass is 31.1. The van der Waals surface area contributed by atoms with Gasteiger partial charge in [0.25, 0.3) is 0 Å². The highest BCUT2D eigenvalue weighted by Gasteiger charge is 2.31. The number of rotatable bonds is 9. The Bertz CT molecular complexity index is 870. The van der Waals surface area contributed by atoms with Crippen molar-refractivity contribution < 1.29 is 9.47 Å². The van der Waals surface area contributed by atoms with Crippen molar-refractivity contribution in [1.82, 2.24) is 0 Å². The molecular weight excluding hydrogens is 389 g/mol. The molecule has 0 saturated carbocycles. The summed E-state index contributed by atoms with van der Waals surface area (Å²) in [5.41, 5.74) is 4.83. The van der Waals surface area contributed by atoms with Crippen molar-refractivity contribution in [2.24, 2.45) is 4.99 Å².